The van der Waals surface area contributed by atoms with Gasteiger partial charge in [-0.05, 0) is 44.4 Å². The van der Waals surface area contributed by atoms with Crippen molar-refractivity contribution in [2.45, 2.75) is 37.6 Å². The molecule has 1 aliphatic rings. The van der Waals surface area contributed by atoms with E-state index in [2.05, 4.69) is 0 Å². The number of carbonyl (C=O) groups is 1. The van der Waals surface area contributed by atoms with E-state index in [1.54, 1.807) is 24.0 Å². The average Bonchev–Trinajstić information content (AvgIpc) is 3.17. The van der Waals surface area contributed by atoms with Crippen LogP contribution < -0.4 is 5.73 Å². The molecule has 0 radical (unpaired) electrons. The van der Waals surface area contributed by atoms with E-state index in [0.29, 0.717) is 17.8 Å². The summed E-state index contributed by atoms with van der Waals surface area (Å²) in [6.07, 6.45) is 1.94. The number of anilines is 1. The first kappa shape index (κ1) is 14.8. The molecular formula is C14H20N2O3S. The zero-order valence-corrected chi connectivity index (χ0v) is 12.6. The Hall–Kier alpha value is -1.56. The summed E-state index contributed by atoms with van der Waals surface area (Å²) in [5.41, 5.74) is 6.64. The van der Waals surface area contributed by atoms with Gasteiger partial charge in [0.05, 0.1) is 4.90 Å². The van der Waals surface area contributed by atoms with Crippen molar-refractivity contribution in [2.24, 2.45) is 0 Å². The summed E-state index contributed by atoms with van der Waals surface area (Å²) in [5, 5.41) is 0. The van der Waals surface area contributed by atoms with Crippen molar-refractivity contribution in [2.75, 3.05) is 18.0 Å². The Morgan fingerprint density at radius 3 is 2.60 bits per heavy atom. The fourth-order valence-corrected chi connectivity index (χ4v) is 3.82. The molecule has 1 amide bonds. The van der Waals surface area contributed by atoms with E-state index < -0.39 is 15.6 Å². The molecule has 0 bridgehead atoms. The Morgan fingerprint density at radius 2 is 2.05 bits per heavy atom. The van der Waals surface area contributed by atoms with Crippen LogP contribution in [0.25, 0.3) is 0 Å². The Bertz CT molecular complexity index is 621. The highest BCUT2D eigenvalue weighted by atomic mass is 32.2. The number of benzene rings is 1. The molecule has 1 fully saturated rings. The fraction of sp³-hybridized carbons (Fsp3) is 0.500. The summed E-state index contributed by atoms with van der Waals surface area (Å²) in [6, 6.07) is 4.96. The monoisotopic (exact) mass is 296 g/mol. The average molecular weight is 296 g/mol. The number of hydrogen-bond donors (Lipinski definition) is 1. The summed E-state index contributed by atoms with van der Waals surface area (Å²) < 4.78 is 24.8. The van der Waals surface area contributed by atoms with Gasteiger partial charge in [-0.1, -0.05) is 6.07 Å². The molecule has 2 N–H and O–H groups in total. The topological polar surface area (TPSA) is 80.5 Å². The van der Waals surface area contributed by atoms with Gasteiger partial charge < -0.3 is 10.6 Å². The molecule has 0 aromatic heterocycles. The zero-order chi connectivity index (χ0) is 14.9. The van der Waals surface area contributed by atoms with E-state index in [0.717, 1.165) is 12.8 Å². The van der Waals surface area contributed by atoms with Crippen molar-refractivity contribution in [1.29, 1.82) is 0 Å². The molecule has 5 nitrogen and oxygen atoms in total. The van der Waals surface area contributed by atoms with E-state index in [-0.39, 0.29) is 16.8 Å². The van der Waals surface area contributed by atoms with Crippen LogP contribution in [-0.2, 0) is 14.6 Å². The molecule has 0 heterocycles. The van der Waals surface area contributed by atoms with Crippen LogP contribution in [0.3, 0.4) is 0 Å². The first-order chi connectivity index (χ1) is 9.35. The summed E-state index contributed by atoms with van der Waals surface area (Å²) in [6.45, 7) is 4.12. The van der Waals surface area contributed by atoms with E-state index in [4.69, 9.17) is 5.73 Å². The summed E-state index contributed by atoms with van der Waals surface area (Å²) in [5.74, 6) is -0.807. The van der Waals surface area contributed by atoms with Crippen molar-refractivity contribution in [3.63, 3.8) is 0 Å². The number of amides is 1. The van der Waals surface area contributed by atoms with Gasteiger partial charge in [0.2, 0.25) is 5.91 Å². The number of carbonyl (C=O) groups excluding carboxylic acids is 1. The lowest BCUT2D eigenvalue weighted by Gasteiger charge is -2.20. The predicted molar refractivity (Wildman–Crippen MR) is 78.1 cm³/mol. The van der Waals surface area contributed by atoms with E-state index in [1.165, 1.54) is 6.07 Å². The molecule has 1 aromatic rings. The third-order valence-corrected chi connectivity index (χ3v) is 5.25. The molecule has 6 heteroatoms. The van der Waals surface area contributed by atoms with Gasteiger partial charge in [0, 0.05) is 18.3 Å². The van der Waals surface area contributed by atoms with Crippen molar-refractivity contribution in [3.8, 4) is 0 Å². The largest absolute Gasteiger partial charge is 0.399 e. The van der Waals surface area contributed by atoms with Crippen molar-refractivity contribution >= 4 is 21.4 Å². The molecule has 0 atom stereocenters. The minimum atomic E-state index is -3.64. The predicted octanol–water partition coefficient (Wildman–Crippen LogP) is 1.36. The van der Waals surface area contributed by atoms with Gasteiger partial charge in [-0.25, -0.2) is 8.42 Å². The van der Waals surface area contributed by atoms with Gasteiger partial charge in [0.25, 0.3) is 0 Å². The van der Waals surface area contributed by atoms with Gasteiger partial charge in [-0.2, -0.15) is 0 Å². The van der Waals surface area contributed by atoms with Gasteiger partial charge in [-0.3, -0.25) is 4.79 Å². The van der Waals surface area contributed by atoms with Crippen LogP contribution in [0.2, 0.25) is 0 Å². The first-order valence-electron chi connectivity index (χ1n) is 6.73. The molecule has 1 aromatic carbocycles. The highest BCUT2D eigenvalue weighted by Crippen LogP contribution is 2.27. The number of rotatable bonds is 5. The van der Waals surface area contributed by atoms with Gasteiger partial charge in [0.15, 0.2) is 9.84 Å². The van der Waals surface area contributed by atoms with E-state index in [9.17, 15) is 13.2 Å². The minimum Gasteiger partial charge on any atom is -0.399 e. The molecule has 0 aliphatic heterocycles. The molecule has 1 saturated carbocycles. The third kappa shape index (κ3) is 3.12. The van der Waals surface area contributed by atoms with Crippen LogP contribution in [0, 0.1) is 6.92 Å². The molecule has 110 valence electrons. The second-order valence-electron chi connectivity index (χ2n) is 5.19. The molecule has 0 unspecified atom stereocenters. The normalized spacial score (nSPS) is 15.1. The van der Waals surface area contributed by atoms with Crippen molar-refractivity contribution in [1.82, 2.24) is 4.90 Å². The van der Waals surface area contributed by atoms with Crippen LogP contribution in [0.15, 0.2) is 23.1 Å². The van der Waals surface area contributed by atoms with Crippen molar-refractivity contribution < 1.29 is 13.2 Å². The maximum absolute atomic E-state index is 12.4. The standard InChI is InChI=1S/C14H20N2O3S/c1-3-16(12-6-7-12)14(17)9-20(18,19)13-8-11(15)5-4-10(13)2/h4-5,8,12H,3,6-7,9,15H2,1-2H3. The third-order valence-electron chi connectivity index (χ3n) is 3.51. The lowest BCUT2D eigenvalue weighted by molar-refractivity contribution is -0.128. The number of sulfone groups is 1. The number of nitrogens with two attached hydrogens (primary N) is 1. The Kier molecular flexibility index (Phi) is 4.04. The van der Waals surface area contributed by atoms with Gasteiger partial charge in [0.1, 0.15) is 5.75 Å². The minimum absolute atomic E-state index is 0.151. The maximum Gasteiger partial charge on any atom is 0.238 e. The lowest BCUT2D eigenvalue weighted by atomic mass is 10.2. The van der Waals surface area contributed by atoms with E-state index >= 15 is 0 Å². The second-order valence-corrected chi connectivity index (χ2v) is 7.15. The fourth-order valence-electron chi connectivity index (χ4n) is 2.30. The molecule has 20 heavy (non-hydrogen) atoms. The summed E-state index contributed by atoms with van der Waals surface area (Å²) >= 11 is 0. The number of nitrogen functional groups attached to an aromatic ring is 1. The number of nitrogens with zero attached hydrogens (tertiary/aromatic N) is 1. The van der Waals surface area contributed by atoms with Crippen LogP contribution in [0.1, 0.15) is 25.3 Å². The Morgan fingerprint density at radius 1 is 1.40 bits per heavy atom. The second kappa shape index (κ2) is 5.44. The zero-order valence-electron chi connectivity index (χ0n) is 11.8. The van der Waals surface area contributed by atoms with Crippen LogP contribution in [0.4, 0.5) is 5.69 Å². The van der Waals surface area contributed by atoms with E-state index in [1.807, 2.05) is 6.92 Å². The number of aryl methyl sites for hydroxylation is 1. The molecule has 0 saturated heterocycles. The Labute approximate surface area is 119 Å². The molecular weight excluding hydrogens is 276 g/mol. The highest BCUT2D eigenvalue weighted by molar-refractivity contribution is 7.92. The van der Waals surface area contributed by atoms with Crippen molar-refractivity contribution in [3.05, 3.63) is 23.8 Å². The SMILES string of the molecule is CCN(C(=O)CS(=O)(=O)c1cc(N)ccc1C)C1CC1. The van der Waals surface area contributed by atoms with Crippen LogP contribution in [0.5, 0.6) is 0 Å². The number of hydrogen-bond acceptors (Lipinski definition) is 4. The molecule has 0 spiro atoms. The van der Waals surface area contributed by atoms with Crippen LogP contribution >= 0.6 is 0 Å². The highest BCUT2D eigenvalue weighted by Gasteiger charge is 2.33. The smallest absolute Gasteiger partial charge is 0.238 e. The maximum atomic E-state index is 12.4. The summed E-state index contributed by atoms with van der Waals surface area (Å²) in [4.78, 5) is 14.0. The van der Waals surface area contributed by atoms with Crippen LogP contribution in [-0.4, -0.2) is 37.6 Å². The van der Waals surface area contributed by atoms with Gasteiger partial charge in [-0.15, -0.1) is 0 Å². The molecule has 2 rings (SSSR count). The Balaban J connectivity index is 2.22. The summed E-state index contributed by atoms with van der Waals surface area (Å²) in [7, 11) is -3.64. The van der Waals surface area contributed by atoms with Gasteiger partial charge >= 0.3 is 0 Å². The molecule has 1 aliphatic carbocycles. The lowest BCUT2D eigenvalue weighted by Crippen LogP contribution is -2.37. The quantitative estimate of drug-likeness (QED) is 0.832. The first-order valence-corrected chi connectivity index (χ1v) is 8.38.